The van der Waals surface area contributed by atoms with E-state index in [9.17, 15) is 4.79 Å². The van der Waals surface area contributed by atoms with E-state index in [1.54, 1.807) is 28.6 Å². The van der Waals surface area contributed by atoms with Gasteiger partial charge in [-0.2, -0.15) is 0 Å². The third-order valence-electron chi connectivity index (χ3n) is 5.46. The lowest BCUT2D eigenvalue weighted by Gasteiger charge is -2.49. The van der Waals surface area contributed by atoms with Crippen LogP contribution in [-0.4, -0.2) is 52.7 Å². The summed E-state index contributed by atoms with van der Waals surface area (Å²) in [6, 6.07) is 3.86. The predicted molar refractivity (Wildman–Crippen MR) is 91.1 cm³/mol. The van der Waals surface area contributed by atoms with Crippen molar-refractivity contribution >= 4 is 23.2 Å². The predicted octanol–water partition coefficient (Wildman–Crippen LogP) is 2.63. The van der Waals surface area contributed by atoms with Crippen LogP contribution in [0, 0.1) is 5.92 Å². The Bertz CT molecular complexity index is 772. The molecule has 6 rings (SSSR count). The van der Waals surface area contributed by atoms with E-state index in [1.807, 2.05) is 17.5 Å². The van der Waals surface area contributed by atoms with E-state index < -0.39 is 0 Å². The smallest absolute Gasteiger partial charge is 0.416 e. The fraction of sp³-hybridized carbons (Fsp3) is 0.471. The molecule has 2 aromatic rings. The molecule has 0 aromatic carbocycles. The Balaban J connectivity index is 1.42. The van der Waals surface area contributed by atoms with Crippen LogP contribution in [0.15, 0.2) is 29.9 Å². The Hall–Kier alpha value is -1.99. The summed E-state index contributed by atoms with van der Waals surface area (Å²) in [5.74, 6) is 1.18. The van der Waals surface area contributed by atoms with Gasteiger partial charge >= 0.3 is 6.09 Å². The summed E-state index contributed by atoms with van der Waals surface area (Å²) in [5, 5.41) is 2.84. The number of aromatic nitrogens is 2. The fourth-order valence-electron chi connectivity index (χ4n) is 4.20. The van der Waals surface area contributed by atoms with Crippen LogP contribution in [0.1, 0.15) is 12.8 Å². The van der Waals surface area contributed by atoms with Gasteiger partial charge in [0.15, 0.2) is 0 Å². The molecular weight excluding hydrogens is 324 g/mol. The van der Waals surface area contributed by atoms with Gasteiger partial charge in [-0.3, -0.25) is 14.8 Å². The molecular formula is C17H18N4O2S. The van der Waals surface area contributed by atoms with Crippen LogP contribution in [-0.2, 0) is 4.74 Å². The molecule has 1 atom stereocenters. The number of thiazole rings is 1. The summed E-state index contributed by atoms with van der Waals surface area (Å²) in [6.07, 6.45) is 5.50. The van der Waals surface area contributed by atoms with Gasteiger partial charge in [-0.1, -0.05) is 0 Å². The van der Waals surface area contributed by atoms with Crippen molar-refractivity contribution in [2.75, 3.05) is 31.1 Å². The molecule has 2 aromatic heterocycles. The maximum absolute atomic E-state index is 12.5. The second kappa shape index (κ2) is 5.26. The number of nitrogens with zero attached hydrogens (tertiary/aromatic N) is 4. The number of amides is 1. The molecule has 0 saturated carbocycles. The number of hydrogen-bond acceptors (Lipinski definition) is 6. The van der Waals surface area contributed by atoms with Crippen molar-refractivity contribution in [3.8, 4) is 10.6 Å². The average Bonchev–Trinajstić information content (AvgIpc) is 3.22. The van der Waals surface area contributed by atoms with Gasteiger partial charge in [0.05, 0.1) is 6.54 Å². The van der Waals surface area contributed by atoms with Gasteiger partial charge in [0, 0.05) is 35.8 Å². The summed E-state index contributed by atoms with van der Waals surface area (Å²) >= 11 is 1.54. The third-order valence-corrected chi connectivity index (χ3v) is 6.33. The first-order valence-electron chi connectivity index (χ1n) is 8.32. The van der Waals surface area contributed by atoms with Crippen molar-refractivity contribution in [1.29, 1.82) is 0 Å². The van der Waals surface area contributed by atoms with E-state index in [1.165, 1.54) is 0 Å². The van der Waals surface area contributed by atoms with Crippen molar-refractivity contribution < 1.29 is 9.53 Å². The highest BCUT2D eigenvalue weighted by Crippen LogP contribution is 2.43. The van der Waals surface area contributed by atoms with Crippen molar-refractivity contribution in [3.63, 3.8) is 0 Å². The lowest BCUT2D eigenvalue weighted by atomic mass is 9.75. The molecule has 0 N–H and O–H groups in total. The molecule has 0 aliphatic carbocycles. The molecule has 7 heteroatoms. The number of rotatable bonds is 2. The lowest BCUT2D eigenvalue weighted by Crippen LogP contribution is -2.61. The summed E-state index contributed by atoms with van der Waals surface area (Å²) in [4.78, 5) is 25.3. The summed E-state index contributed by atoms with van der Waals surface area (Å²) in [5.41, 5.74) is 0.681. The molecule has 4 fully saturated rings. The molecule has 1 unspecified atom stereocenters. The van der Waals surface area contributed by atoms with Crippen LogP contribution in [0.2, 0.25) is 0 Å². The molecule has 6 nitrogen and oxygen atoms in total. The largest absolute Gasteiger partial charge is 0.439 e. The normalized spacial score (nSPS) is 31.7. The molecule has 1 spiro atoms. The van der Waals surface area contributed by atoms with E-state index in [-0.39, 0.29) is 11.7 Å². The maximum atomic E-state index is 12.5. The van der Waals surface area contributed by atoms with Gasteiger partial charge in [0.25, 0.3) is 0 Å². The number of hydrogen-bond donors (Lipinski definition) is 0. The van der Waals surface area contributed by atoms with Crippen LogP contribution < -0.4 is 4.90 Å². The zero-order valence-electron chi connectivity index (χ0n) is 13.2. The SMILES string of the molecule is O=C1OC2(CN3CCC2CC3)CN1c1csc(-c2ccncc2)n1. The standard InChI is InChI=1S/C17H18N4O2S/c22-16-21(11-17(23-16)10-20-7-3-13(17)4-8-20)14-9-24-15(19-14)12-1-5-18-6-2-12/h1-2,5-6,9,13H,3-4,7-8,10-11H2. The first-order chi connectivity index (χ1) is 11.7. The highest BCUT2D eigenvalue weighted by Gasteiger charge is 2.56. The van der Waals surface area contributed by atoms with Crippen LogP contribution in [0.3, 0.4) is 0 Å². The van der Waals surface area contributed by atoms with Crippen molar-refractivity contribution in [2.45, 2.75) is 18.4 Å². The fourth-order valence-corrected chi connectivity index (χ4v) is 5.02. The Kier molecular flexibility index (Phi) is 3.14. The van der Waals surface area contributed by atoms with Gasteiger partial charge in [-0.15, -0.1) is 11.3 Å². The summed E-state index contributed by atoms with van der Waals surface area (Å²) in [6.45, 7) is 3.74. The number of ether oxygens (including phenoxy) is 1. The van der Waals surface area contributed by atoms with Crippen molar-refractivity contribution in [3.05, 3.63) is 29.9 Å². The number of piperidine rings is 3. The second-order valence-corrected chi connectivity index (χ2v) is 7.67. The van der Waals surface area contributed by atoms with E-state index in [2.05, 4.69) is 14.9 Å². The highest BCUT2D eigenvalue weighted by molar-refractivity contribution is 7.13. The highest BCUT2D eigenvalue weighted by atomic mass is 32.1. The Morgan fingerprint density at radius 1 is 1.21 bits per heavy atom. The summed E-state index contributed by atoms with van der Waals surface area (Å²) < 4.78 is 5.91. The number of anilines is 1. The molecule has 24 heavy (non-hydrogen) atoms. The Morgan fingerprint density at radius 2 is 2.00 bits per heavy atom. The zero-order valence-corrected chi connectivity index (χ0v) is 14.0. The Morgan fingerprint density at radius 3 is 2.71 bits per heavy atom. The molecule has 0 radical (unpaired) electrons. The number of fused-ring (bicyclic) bond motifs is 2. The minimum absolute atomic E-state index is 0.254. The lowest BCUT2D eigenvalue weighted by molar-refractivity contribution is -0.0881. The first kappa shape index (κ1) is 14.4. The van der Waals surface area contributed by atoms with Gasteiger partial charge in [-0.25, -0.2) is 9.78 Å². The molecule has 124 valence electrons. The number of carbonyl (C=O) groups is 1. The van der Waals surface area contributed by atoms with Crippen LogP contribution in [0.5, 0.6) is 0 Å². The topological polar surface area (TPSA) is 58.6 Å². The molecule has 4 aliphatic rings. The maximum Gasteiger partial charge on any atom is 0.416 e. The van der Waals surface area contributed by atoms with Crippen molar-refractivity contribution in [2.24, 2.45) is 5.92 Å². The van der Waals surface area contributed by atoms with E-state index in [0.29, 0.717) is 18.3 Å². The van der Waals surface area contributed by atoms with Gasteiger partial charge in [-0.05, 0) is 38.1 Å². The molecule has 2 bridgehead atoms. The van der Waals surface area contributed by atoms with E-state index in [4.69, 9.17) is 4.74 Å². The quantitative estimate of drug-likeness (QED) is 0.840. The monoisotopic (exact) mass is 342 g/mol. The van der Waals surface area contributed by atoms with E-state index >= 15 is 0 Å². The van der Waals surface area contributed by atoms with Gasteiger partial charge in [0.2, 0.25) is 0 Å². The zero-order chi connectivity index (χ0) is 16.1. The minimum atomic E-state index is -0.339. The van der Waals surface area contributed by atoms with E-state index in [0.717, 1.165) is 43.0 Å². The van der Waals surface area contributed by atoms with Gasteiger partial charge in [0.1, 0.15) is 16.4 Å². The average molecular weight is 342 g/mol. The Labute approximate surface area is 144 Å². The molecule has 6 heterocycles. The number of carbonyl (C=O) groups excluding carboxylic acids is 1. The van der Waals surface area contributed by atoms with Crippen LogP contribution in [0.4, 0.5) is 10.6 Å². The number of pyridine rings is 1. The third kappa shape index (κ3) is 2.15. The molecule has 4 saturated heterocycles. The van der Waals surface area contributed by atoms with Gasteiger partial charge < -0.3 is 4.74 Å². The minimum Gasteiger partial charge on any atom is -0.439 e. The molecule has 1 amide bonds. The van der Waals surface area contributed by atoms with Crippen LogP contribution >= 0.6 is 11.3 Å². The first-order valence-corrected chi connectivity index (χ1v) is 9.20. The second-order valence-electron chi connectivity index (χ2n) is 6.82. The summed E-state index contributed by atoms with van der Waals surface area (Å²) in [7, 11) is 0. The van der Waals surface area contributed by atoms with Crippen molar-refractivity contribution in [1.82, 2.24) is 14.9 Å². The van der Waals surface area contributed by atoms with Crippen LogP contribution in [0.25, 0.3) is 10.6 Å². The molecule has 4 aliphatic heterocycles.